The Hall–Kier alpha value is -1.95. The van der Waals surface area contributed by atoms with Gasteiger partial charge in [0.15, 0.2) is 5.13 Å². The maximum atomic E-state index is 11.4. The van der Waals surface area contributed by atoms with E-state index >= 15 is 0 Å². The van der Waals surface area contributed by atoms with Gasteiger partial charge in [-0.25, -0.2) is 9.78 Å². The molecule has 5 nitrogen and oxygen atoms in total. The number of anilines is 1. The lowest BCUT2D eigenvalue weighted by atomic mass is 10.3. The third kappa shape index (κ3) is 3.27. The van der Waals surface area contributed by atoms with Crippen LogP contribution in [0, 0.1) is 0 Å². The van der Waals surface area contributed by atoms with Crippen molar-refractivity contribution >= 4 is 22.4 Å². The molecule has 0 aliphatic carbocycles. The van der Waals surface area contributed by atoms with Crippen LogP contribution in [0.15, 0.2) is 30.7 Å². The molecule has 2 rings (SSSR count). The van der Waals surface area contributed by atoms with Crippen LogP contribution in [0.3, 0.4) is 0 Å². The van der Waals surface area contributed by atoms with Gasteiger partial charge in [0, 0.05) is 18.9 Å². The Balaban J connectivity index is 1.93. The first kappa shape index (κ1) is 12.5. The van der Waals surface area contributed by atoms with Crippen molar-refractivity contribution in [2.75, 3.05) is 11.9 Å². The zero-order valence-corrected chi connectivity index (χ0v) is 10.7. The van der Waals surface area contributed by atoms with Crippen molar-refractivity contribution in [3.63, 3.8) is 0 Å². The molecule has 0 aliphatic rings. The highest BCUT2D eigenvalue weighted by Gasteiger charge is 2.10. The summed E-state index contributed by atoms with van der Waals surface area (Å²) in [6, 6.07) is 3.85. The van der Waals surface area contributed by atoms with E-state index in [9.17, 15) is 4.79 Å². The van der Waals surface area contributed by atoms with Gasteiger partial charge in [0.1, 0.15) is 4.88 Å². The van der Waals surface area contributed by atoms with Gasteiger partial charge < -0.3 is 10.1 Å². The Bertz CT molecular complexity index is 513. The smallest absolute Gasteiger partial charge is 0.350 e. The first-order valence-electron chi connectivity index (χ1n) is 5.55. The van der Waals surface area contributed by atoms with Gasteiger partial charge in [0.25, 0.3) is 0 Å². The fourth-order valence-corrected chi connectivity index (χ4v) is 2.04. The predicted octanol–water partition coefficient (Wildman–Crippen LogP) is 2.33. The van der Waals surface area contributed by atoms with E-state index in [0.29, 0.717) is 23.2 Å². The van der Waals surface area contributed by atoms with Gasteiger partial charge in [-0.15, -0.1) is 0 Å². The number of ether oxygens (including phenoxy) is 1. The summed E-state index contributed by atoms with van der Waals surface area (Å²) in [4.78, 5) is 20.1. The van der Waals surface area contributed by atoms with Crippen LogP contribution in [0.5, 0.6) is 0 Å². The summed E-state index contributed by atoms with van der Waals surface area (Å²) in [6.45, 7) is 2.78. The second-order valence-corrected chi connectivity index (χ2v) is 4.50. The Morgan fingerprint density at radius 2 is 2.39 bits per heavy atom. The van der Waals surface area contributed by atoms with Gasteiger partial charge in [0.05, 0.1) is 12.8 Å². The van der Waals surface area contributed by atoms with E-state index in [1.807, 2.05) is 12.1 Å². The van der Waals surface area contributed by atoms with E-state index in [2.05, 4.69) is 15.3 Å². The molecule has 0 aliphatic heterocycles. The maximum Gasteiger partial charge on any atom is 0.350 e. The van der Waals surface area contributed by atoms with E-state index in [1.165, 1.54) is 17.5 Å². The monoisotopic (exact) mass is 263 g/mol. The Labute approximate surface area is 109 Å². The van der Waals surface area contributed by atoms with E-state index in [1.54, 1.807) is 19.3 Å². The molecule has 0 unspecified atom stereocenters. The van der Waals surface area contributed by atoms with E-state index < -0.39 is 0 Å². The van der Waals surface area contributed by atoms with E-state index in [4.69, 9.17) is 4.74 Å². The number of esters is 1. The van der Waals surface area contributed by atoms with Crippen LogP contribution in [0.2, 0.25) is 0 Å². The first-order chi connectivity index (χ1) is 8.79. The quantitative estimate of drug-likeness (QED) is 0.839. The van der Waals surface area contributed by atoms with Crippen LogP contribution in [0.1, 0.15) is 22.2 Å². The van der Waals surface area contributed by atoms with Crippen molar-refractivity contribution in [3.8, 4) is 0 Å². The fourth-order valence-electron chi connectivity index (χ4n) is 1.33. The van der Waals surface area contributed by atoms with Gasteiger partial charge in [-0.05, 0) is 18.6 Å². The molecule has 0 fully saturated rings. The van der Waals surface area contributed by atoms with Crippen molar-refractivity contribution in [1.29, 1.82) is 0 Å². The highest BCUT2D eigenvalue weighted by Crippen LogP contribution is 2.19. The van der Waals surface area contributed by atoms with Gasteiger partial charge in [-0.1, -0.05) is 17.4 Å². The molecule has 0 saturated heterocycles. The molecule has 1 N–H and O–H groups in total. The second-order valence-electron chi connectivity index (χ2n) is 3.46. The Morgan fingerprint density at radius 1 is 1.50 bits per heavy atom. The summed E-state index contributed by atoms with van der Waals surface area (Å²) in [6.07, 6.45) is 5.03. The summed E-state index contributed by atoms with van der Waals surface area (Å²) in [7, 11) is 0. The molecular formula is C12H13N3O2S. The van der Waals surface area contributed by atoms with E-state index in [0.717, 1.165) is 5.56 Å². The minimum atomic E-state index is -0.329. The summed E-state index contributed by atoms with van der Waals surface area (Å²) < 4.78 is 4.90. The molecule has 2 aromatic rings. The Kier molecular flexibility index (Phi) is 4.25. The molecule has 2 heterocycles. The molecule has 94 valence electrons. The molecule has 18 heavy (non-hydrogen) atoms. The number of thiazole rings is 1. The van der Waals surface area contributed by atoms with Crippen LogP contribution in [-0.2, 0) is 11.3 Å². The summed E-state index contributed by atoms with van der Waals surface area (Å²) in [5.74, 6) is -0.329. The average molecular weight is 263 g/mol. The molecule has 0 spiro atoms. The molecular weight excluding hydrogens is 250 g/mol. The third-order valence-electron chi connectivity index (χ3n) is 2.15. The largest absolute Gasteiger partial charge is 0.462 e. The van der Waals surface area contributed by atoms with Crippen molar-refractivity contribution in [2.45, 2.75) is 13.5 Å². The van der Waals surface area contributed by atoms with Crippen LogP contribution in [0.4, 0.5) is 5.13 Å². The molecule has 0 radical (unpaired) electrons. The SMILES string of the molecule is CCOC(=O)c1cnc(NCc2cccnc2)s1. The van der Waals surface area contributed by atoms with Crippen LogP contribution < -0.4 is 5.32 Å². The highest BCUT2D eigenvalue weighted by molar-refractivity contribution is 7.17. The summed E-state index contributed by atoms with van der Waals surface area (Å²) in [5.41, 5.74) is 1.06. The lowest BCUT2D eigenvalue weighted by Gasteiger charge is -2.01. The van der Waals surface area contributed by atoms with Crippen molar-refractivity contribution in [1.82, 2.24) is 9.97 Å². The maximum absolute atomic E-state index is 11.4. The van der Waals surface area contributed by atoms with Gasteiger partial charge in [-0.3, -0.25) is 4.98 Å². The normalized spacial score (nSPS) is 10.1. The predicted molar refractivity (Wildman–Crippen MR) is 69.6 cm³/mol. The molecule has 2 aromatic heterocycles. The highest BCUT2D eigenvalue weighted by atomic mass is 32.1. The van der Waals surface area contributed by atoms with E-state index in [-0.39, 0.29) is 5.97 Å². The zero-order valence-electron chi connectivity index (χ0n) is 9.92. The van der Waals surface area contributed by atoms with Crippen molar-refractivity contribution < 1.29 is 9.53 Å². The number of nitrogens with one attached hydrogen (secondary N) is 1. The number of rotatable bonds is 5. The Morgan fingerprint density at radius 3 is 3.11 bits per heavy atom. The number of pyridine rings is 1. The standard InChI is InChI=1S/C12H13N3O2S/c1-2-17-11(16)10-8-15-12(18-10)14-7-9-4-3-5-13-6-9/h3-6,8H,2,7H2,1H3,(H,14,15). The van der Waals surface area contributed by atoms with Crippen molar-refractivity contribution in [3.05, 3.63) is 41.2 Å². The average Bonchev–Trinajstić information content (AvgIpc) is 2.87. The van der Waals surface area contributed by atoms with Gasteiger partial charge in [-0.2, -0.15) is 0 Å². The fraction of sp³-hybridized carbons (Fsp3) is 0.250. The van der Waals surface area contributed by atoms with Crippen molar-refractivity contribution in [2.24, 2.45) is 0 Å². The third-order valence-corrected chi connectivity index (χ3v) is 3.08. The summed E-state index contributed by atoms with van der Waals surface area (Å²) in [5, 5.41) is 3.83. The number of carbonyl (C=O) groups is 1. The lowest BCUT2D eigenvalue weighted by molar-refractivity contribution is 0.0532. The molecule has 0 atom stereocenters. The topological polar surface area (TPSA) is 64.1 Å². The number of nitrogens with zero attached hydrogens (tertiary/aromatic N) is 2. The number of hydrogen-bond donors (Lipinski definition) is 1. The minimum absolute atomic E-state index is 0.329. The van der Waals surface area contributed by atoms with Crippen LogP contribution in [-0.4, -0.2) is 22.5 Å². The molecule has 0 aromatic carbocycles. The minimum Gasteiger partial charge on any atom is -0.462 e. The lowest BCUT2D eigenvalue weighted by Crippen LogP contribution is -2.01. The number of carbonyl (C=O) groups excluding carboxylic acids is 1. The molecule has 0 bridgehead atoms. The second kappa shape index (κ2) is 6.11. The molecule has 0 saturated carbocycles. The van der Waals surface area contributed by atoms with Gasteiger partial charge in [0.2, 0.25) is 0 Å². The first-order valence-corrected chi connectivity index (χ1v) is 6.37. The van der Waals surface area contributed by atoms with Crippen LogP contribution >= 0.6 is 11.3 Å². The zero-order chi connectivity index (χ0) is 12.8. The molecule has 6 heteroatoms. The number of hydrogen-bond acceptors (Lipinski definition) is 6. The van der Waals surface area contributed by atoms with Gasteiger partial charge >= 0.3 is 5.97 Å². The summed E-state index contributed by atoms with van der Waals surface area (Å²) >= 11 is 1.28. The molecule has 0 amide bonds. The van der Waals surface area contributed by atoms with Crippen LogP contribution in [0.25, 0.3) is 0 Å². The number of aromatic nitrogens is 2.